The van der Waals surface area contributed by atoms with E-state index in [0.29, 0.717) is 35.6 Å². The van der Waals surface area contributed by atoms with Crippen LogP contribution >= 0.6 is 11.8 Å². The van der Waals surface area contributed by atoms with Crippen LogP contribution in [0, 0.1) is 0 Å². The smallest absolute Gasteiger partial charge is 0.284 e. The number of fused-ring (bicyclic) bond motifs is 1. The van der Waals surface area contributed by atoms with Gasteiger partial charge in [0, 0.05) is 11.8 Å². The SMILES string of the molecule is FC(F)SCc1ccc(CNc2ccc3c(c2)OCO3)o1. The van der Waals surface area contributed by atoms with Crippen LogP contribution in [0.15, 0.2) is 34.7 Å². The third-order valence-electron chi connectivity index (χ3n) is 2.91. The largest absolute Gasteiger partial charge is 0.463 e. The molecule has 0 saturated heterocycles. The molecule has 0 spiro atoms. The summed E-state index contributed by atoms with van der Waals surface area (Å²) >= 11 is 0.548. The Bertz CT molecular complexity index is 618. The van der Waals surface area contributed by atoms with Crippen LogP contribution in [-0.2, 0) is 12.3 Å². The van der Waals surface area contributed by atoms with Gasteiger partial charge < -0.3 is 19.2 Å². The Morgan fingerprint density at radius 3 is 2.76 bits per heavy atom. The van der Waals surface area contributed by atoms with Gasteiger partial charge in [-0.1, -0.05) is 11.8 Å². The quantitative estimate of drug-likeness (QED) is 0.870. The number of hydrogen-bond acceptors (Lipinski definition) is 5. The Hall–Kier alpha value is -1.89. The molecule has 0 radical (unpaired) electrons. The highest BCUT2D eigenvalue weighted by molar-refractivity contribution is 7.98. The summed E-state index contributed by atoms with van der Waals surface area (Å²) in [5.41, 5.74) is 0.874. The summed E-state index contributed by atoms with van der Waals surface area (Å²) in [4.78, 5) is 0. The number of thioether (sulfide) groups is 1. The summed E-state index contributed by atoms with van der Waals surface area (Å²) in [7, 11) is 0. The van der Waals surface area contributed by atoms with Crippen LogP contribution in [0.25, 0.3) is 0 Å². The molecule has 112 valence electrons. The zero-order valence-corrected chi connectivity index (χ0v) is 11.8. The van der Waals surface area contributed by atoms with Gasteiger partial charge in [0.05, 0.1) is 12.3 Å². The molecule has 21 heavy (non-hydrogen) atoms. The van der Waals surface area contributed by atoms with Crippen LogP contribution in [0.2, 0.25) is 0 Å². The number of anilines is 1. The molecule has 1 aliphatic rings. The lowest BCUT2D eigenvalue weighted by molar-refractivity contribution is 0.174. The molecule has 0 saturated carbocycles. The van der Waals surface area contributed by atoms with Crippen molar-refractivity contribution in [2.75, 3.05) is 12.1 Å². The number of benzene rings is 1. The number of halogens is 2. The fourth-order valence-electron chi connectivity index (χ4n) is 1.94. The fourth-order valence-corrected chi connectivity index (χ4v) is 2.38. The molecule has 2 heterocycles. The van der Waals surface area contributed by atoms with Gasteiger partial charge >= 0.3 is 0 Å². The first-order valence-corrected chi connectivity index (χ1v) is 7.36. The Kier molecular flexibility index (Phi) is 4.19. The van der Waals surface area contributed by atoms with Crippen LogP contribution < -0.4 is 14.8 Å². The Morgan fingerprint density at radius 2 is 1.90 bits per heavy atom. The second-order valence-corrected chi connectivity index (χ2v) is 5.34. The molecule has 2 aromatic rings. The topological polar surface area (TPSA) is 43.6 Å². The van der Waals surface area contributed by atoms with Crippen LogP contribution in [0.3, 0.4) is 0 Å². The van der Waals surface area contributed by atoms with E-state index < -0.39 is 5.76 Å². The van der Waals surface area contributed by atoms with E-state index in [1.807, 2.05) is 18.2 Å². The maximum atomic E-state index is 12.1. The molecule has 7 heteroatoms. The molecule has 0 bridgehead atoms. The number of furan rings is 1. The number of rotatable bonds is 6. The monoisotopic (exact) mass is 313 g/mol. The van der Waals surface area contributed by atoms with Gasteiger partial charge in [-0.3, -0.25) is 0 Å². The maximum absolute atomic E-state index is 12.1. The molecule has 1 aliphatic heterocycles. The standard InChI is InChI=1S/C14H13F2NO3S/c15-14(16)21-7-11-3-2-10(20-11)6-17-9-1-4-12-13(5-9)19-8-18-12/h1-5,14,17H,6-8H2. The highest BCUT2D eigenvalue weighted by atomic mass is 32.2. The second kappa shape index (κ2) is 6.26. The molecule has 0 fully saturated rings. The molecule has 1 aromatic heterocycles. The van der Waals surface area contributed by atoms with Crippen molar-refractivity contribution in [2.24, 2.45) is 0 Å². The molecular formula is C14H13F2NO3S. The van der Waals surface area contributed by atoms with Gasteiger partial charge in [-0.25, -0.2) is 0 Å². The zero-order valence-electron chi connectivity index (χ0n) is 11.0. The molecular weight excluding hydrogens is 300 g/mol. The average Bonchev–Trinajstić information content (AvgIpc) is 3.11. The fraction of sp³-hybridized carbons (Fsp3) is 0.286. The van der Waals surface area contributed by atoms with Gasteiger partial charge in [0.25, 0.3) is 5.76 Å². The van der Waals surface area contributed by atoms with Gasteiger partial charge in [-0.2, -0.15) is 8.78 Å². The summed E-state index contributed by atoms with van der Waals surface area (Å²) < 4.78 is 40.2. The van der Waals surface area contributed by atoms with E-state index >= 15 is 0 Å². The first kappa shape index (κ1) is 14.1. The van der Waals surface area contributed by atoms with E-state index in [4.69, 9.17) is 13.9 Å². The molecule has 3 rings (SSSR count). The lowest BCUT2D eigenvalue weighted by Crippen LogP contribution is -1.97. The lowest BCUT2D eigenvalue weighted by atomic mass is 10.2. The number of alkyl halides is 2. The van der Waals surface area contributed by atoms with Crippen molar-refractivity contribution in [1.29, 1.82) is 0 Å². The normalized spacial score (nSPS) is 12.9. The molecule has 1 aromatic carbocycles. The minimum absolute atomic E-state index is 0.168. The molecule has 0 aliphatic carbocycles. The molecule has 1 N–H and O–H groups in total. The van der Waals surface area contributed by atoms with Crippen molar-refractivity contribution in [3.8, 4) is 11.5 Å². The molecule has 0 unspecified atom stereocenters. The minimum Gasteiger partial charge on any atom is -0.463 e. The number of hydrogen-bond donors (Lipinski definition) is 1. The highest BCUT2D eigenvalue weighted by Crippen LogP contribution is 2.34. The maximum Gasteiger partial charge on any atom is 0.284 e. The van der Waals surface area contributed by atoms with E-state index in [-0.39, 0.29) is 12.5 Å². The molecule has 0 atom stereocenters. The summed E-state index contributed by atoms with van der Waals surface area (Å²) in [5, 5.41) is 3.18. The number of ether oxygens (including phenoxy) is 2. The van der Waals surface area contributed by atoms with E-state index in [9.17, 15) is 8.78 Å². The van der Waals surface area contributed by atoms with E-state index in [2.05, 4.69) is 5.32 Å². The minimum atomic E-state index is -2.38. The van der Waals surface area contributed by atoms with E-state index in [1.165, 1.54) is 0 Å². The summed E-state index contributed by atoms with van der Waals surface area (Å²) in [6, 6.07) is 9.05. The number of nitrogens with one attached hydrogen (secondary N) is 1. The Morgan fingerprint density at radius 1 is 1.10 bits per heavy atom. The van der Waals surface area contributed by atoms with E-state index in [0.717, 1.165) is 11.4 Å². The van der Waals surface area contributed by atoms with Crippen molar-refractivity contribution in [3.05, 3.63) is 41.9 Å². The Labute approximate surface area is 124 Å². The summed E-state index contributed by atoms with van der Waals surface area (Å²) in [6.45, 7) is 0.709. The second-order valence-electron chi connectivity index (χ2n) is 4.36. The van der Waals surface area contributed by atoms with Crippen LogP contribution in [0.1, 0.15) is 11.5 Å². The third-order valence-corrected chi connectivity index (χ3v) is 3.61. The predicted octanol–water partition coefficient (Wildman–Crippen LogP) is 4.08. The van der Waals surface area contributed by atoms with E-state index in [1.54, 1.807) is 12.1 Å². The Balaban J connectivity index is 1.55. The van der Waals surface area contributed by atoms with Crippen LogP contribution in [0.5, 0.6) is 11.5 Å². The van der Waals surface area contributed by atoms with Crippen LogP contribution in [0.4, 0.5) is 14.5 Å². The first-order valence-electron chi connectivity index (χ1n) is 6.31. The van der Waals surface area contributed by atoms with Gasteiger partial charge in [-0.05, 0) is 24.3 Å². The third kappa shape index (κ3) is 3.60. The van der Waals surface area contributed by atoms with Crippen molar-refractivity contribution >= 4 is 17.4 Å². The summed E-state index contributed by atoms with van der Waals surface area (Å²) in [5.74, 6) is 0.450. The lowest BCUT2D eigenvalue weighted by Gasteiger charge is -2.05. The summed E-state index contributed by atoms with van der Waals surface area (Å²) in [6.07, 6.45) is 0. The van der Waals surface area contributed by atoms with Crippen molar-refractivity contribution in [3.63, 3.8) is 0 Å². The van der Waals surface area contributed by atoms with Crippen LogP contribution in [-0.4, -0.2) is 12.6 Å². The van der Waals surface area contributed by atoms with Gasteiger partial charge in [-0.15, -0.1) is 0 Å². The van der Waals surface area contributed by atoms with Gasteiger partial charge in [0.1, 0.15) is 11.5 Å². The highest BCUT2D eigenvalue weighted by Gasteiger charge is 2.13. The zero-order chi connectivity index (χ0) is 14.7. The van der Waals surface area contributed by atoms with Crippen molar-refractivity contribution in [2.45, 2.75) is 18.1 Å². The predicted molar refractivity (Wildman–Crippen MR) is 75.9 cm³/mol. The van der Waals surface area contributed by atoms with Crippen molar-refractivity contribution < 1.29 is 22.7 Å². The van der Waals surface area contributed by atoms with Crippen molar-refractivity contribution in [1.82, 2.24) is 0 Å². The average molecular weight is 313 g/mol. The van der Waals surface area contributed by atoms with Gasteiger partial charge in [0.2, 0.25) is 6.79 Å². The molecule has 4 nitrogen and oxygen atoms in total. The first-order chi connectivity index (χ1) is 10.2. The molecule has 0 amide bonds. The van der Waals surface area contributed by atoms with Gasteiger partial charge in [0.15, 0.2) is 11.5 Å².